The minimum absolute atomic E-state index is 0.686. The van der Waals surface area contributed by atoms with Gasteiger partial charge in [0.1, 0.15) is 0 Å². The van der Waals surface area contributed by atoms with Crippen molar-refractivity contribution in [1.82, 2.24) is 15.1 Å². The quantitative estimate of drug-likeness (QED) is 0.832. The molecule has 0 aliphatic carbocycles. The molecule has 0 aromatic carbocycles. The molecule has 98 valence electrons. The molecule has 0 radical (unpaired) electrons. The molecule has 3 nitrogen and oxygen atoms in total. The molecule has 2 aromatic heterocycles. The number of thiophene rings is 1. The van der Waals surface area contributed by atoms with Crippen molar-refractivity contribution in [2.45, 2.75) is 33.4 Å². The largest absolute Gasteiger partial charge is 0.311 e. The summed E-state index contributed by atoms with van der Waals surface area (Å²) in [6.45, 7) is 7.30. The van der Waals surface area contributed by atoms with Crippen LogP contribution in [-0.2, 0) is 19.5 Å². The van der Waals surface area contributed by atoms with Gasteiger partial charge in [0.25, 0.3) is 0 Å². The second-order valence-corrected chi connectivity index (χ2v) is 5.76. The molecule has 2 rings (SSSR count). The topological polar surface area (TPSA) is 29.9 Å². The van der Waals surface area contributed by atoms with Crippen LogP contribution in [0.1, 0.15) is 25.1 Å². The maximum absolute atomic E-state index is 4.56. The molecule has 0 amide bonds. The molecule has 0 spiro atoms. The Balaban J connectivity index is 1.75. The fourth-order valence-electron chi connectivity index (χ4n) is 1.79. The predicted octanol–water partition coefficient (Wildman–Crippen LogP) is 2.93. The van der Waals surface area contributed by atoms with Gasteiger partial charge in [-0.1, -0.05) is 13.8 Å². The van der Waals surface area contributed by atoms with E-state index in [2.05, 4.69) is 53.4 Å². The van der Waals surface area contributed by atoms with Crippen LogP contribution in [-0.4, -0.2) is 16.3 Å². The Kier molecular flexibility index (Phi) is 4.96. The van der Waals surface area contributed by atoms with E-state index in [1.807, 2.05) is 4.68 Å². The summed E-state index contributed by atoms with van der Waals surface area (Å²) in [6, 6.07) is 4.28. The van der Waals surface area contributed by atoms with Gasteiger partial charge in [0.2, 0.25) is 0 Å². The normalized spacial score (nSPS) is 11.3. The molecular formula is C14H21N3S. The molecule has 0 fully saturated rings. The molecule has 18 heavy (non-hydrogen) atoms. The van der Waals surface area contributed by atoms with E-state index in [0.717, 1.165) is 31.7 Å². The second kappa shape index (κ2) is 6.71. The van der Waals surface area contributed by atoms with Crippen molar-refractivity contribution in [3.8, 4) is 0 Å². The Labute approximate surface area is 113 Å². The molecule has 4 heteroatoms. The van der Waals surface area contributed by atoms with Gasteiger partial charge in [0, 0.05) is 19.3 Å². The van der Waals surface area contributed by atoms with Crippen molar-refractivity contribution in [1.29, 1.82) is 0 Å². The highest BCUT2D eigenvalue weighted by molar-refractivity contribution is 7.07. The van der Waals surface area contributed by atoms with Crippen LogP contribution in [0.15, 0.2) is 29.1 Å². The van der Waals surface area contributed by atoms with Gasteiger partial charge in [0.15, 0.2) is 0 Å². The lowest BCUT2D eigenvalue weighted by Gasteiger charge is -2.05. The zero-order chi connectivity index (χ0) is 12.8. The summed E-state index contributed by atoms with van der Waals surface area (Å²) in [5, 5.41) is 12.3. The number of hydrogen-bond donors (Lipinski definition) is 1. The summed E-state index contributed by atoms with van der Waals surface area (Å²) >= 11 is 1.75. The predicted molar refractivity (Wildman–Crippen MR) is 76.8 cm³/mol. The molecule has 0 unspecified atom stereocenters. The fourth-order valence-corrected chi connectivity index (χ4v) is 2.49. The lowest BCUT2D eigenvalue weighted by molar-refractivity contribution is 0.539. The van der Waals surface area contributed by atoms with Crippen LogP contribution in [0, 0.1) is 5.92 Å². The average Bonchev–Trinajstić information content (AvgIpc) is 2.96. The van der Waals surface area contributed by atoms with Gasteiger partial charge < -0.3 is 5.32 Å². The third-order valence-corrected chi connectivity index (χ3v) is 3.50. The molecule has 0 aliphatic heterocycles. The van der Waals surface area contributed by atoms with Crippen molar-refractivity contribution in [3.63, 3.8) is 0 Å². The van der Waals surface area contributed by atoms with Crippen LogP contribution in [0.2, 0.25) is 0 Å². The van der Waals surface area contributed by atoms with E-state index in [9.17, 15) is 0 Å². The highest BCUT2D eigenvalue weighted by atomic mass is 32.1. The molecular weight excluding hydrogens is 242 g/mol. The molecule has 1 N–H and O–H groups in total. The minimum atomic E-state index is 0.686. The van der Waals surface area contributed by atoms with Gasteiger partial charge in [0.05, 0.1) is 5.69 Å². The molecule has 2 heterocycles. The molecule has 0 bridgehead atoms. The maximum Gasteiger partial charge on any atom is 0.0762 e. The summed E-state index contributed by atoms with van der Waals surface area (Å²) in [4.78, 5) is 0. The number of hydrogen-bond acceptors (Lipinski definition) is 3. The van der Waals surface area contributed by atoms with Gasteiger partial charge in [-0.05, 0) is 47.3 Å². The fraction of sp³-hybridized carbons (Fsp3) is 0.500. The van der Waals surface area contributed by atoms with Gasteiger partial charge in [-0.25, -0.2) is 0 Å². The van der Waals surface area contributed by atoms with Crippen molar-refractivity contribution in [3.05, 3.63) is 40.3 Å². The summed E-state index contributed by atoms with van der Waals surface area (Å²) in [5.41, 5.74) is 2.52. The minimum Gasteiger partial charge on any atom is -0.311 e. The molecule has 0 saturated carbocycles. The number of nitrogens with zero attached hydrogens (tertiary/aromatic N) is 2. The lowest BCUT2D eigenvalue weighted by Crippen LogP contribution is -2.19. The molecule has 0 saturated heterocycles. The van der Waals surface area contributed by atoms with Crippen molar-refractivity contribution in [2.24, 2.45) is 5.92 Å². The van der Waals surface area contributed by atoms with Crippen LogP contribution in [0.5, 0.6) is 0 Å². The van der Waals surface area contributed by atoms with E-state index in [4.69, 9.17) is 0 Å². The zero-order valence-corrected chi connectivity index (χ0v) is 11.9. The first kappa shape index (κ1) is 13.3. The zero-order valence-electron chi connectivity index (χ0n) is 11.1. The van der Waals surface area contributed by atoms with E-state index >= 15 is 0 Å². The number of aromatic nitrogens is 2. The third-order valence-electron chi connectivity index (χ3n) is 2.76. The van der Waals surface area contributed by atoms with Crippen molar-refractivity contribution in [2.75, 3.05) is 6.54 Å². The van der Waals surface area contributed by atoms with Gasteiger partial charge in [-0.15, -0.1) is 0 Å². The SMILES string of the molecule is CC(C)CNCc1ccn(CCc2ccsc2)n1. The van der Waals surface area contributed by atoms with Crippen LogP contribution < -0.4 is 5.32 Å². The number of aryl methyl sites for hydroxylation is 2. The van der Waals surface area contributed by atoms with E-state index in [-0.39, 0.29) is 0 Å². The first-order chi connectivity index (χ1) is 8.74. The monoisotopic (exact) mass is 263 g/mol. The Morgan fingerprint density at radius 3 is 3.00 bits per heavy atom. The number of rotatable bonds is 7. The van der Waals surface area contributed by atoms with E-state index in [1.165, 1.54) is 5.56 Å². The molecule has 0 aliphatic rings. The van der Waals surface area contributed by atoms with Gasteiger partial charge >= 0.3 is 0 Å². The van der Waals surface area contributed by atoms with Gasteiger partial charge in [-0.2, -0.15) is 16.4 Å². The Hall–Kier alpha value is -1.13. The first-order valence-corrected chi connectivity index (χ1v) is 7.42. The standard InChI is InChI=1S/C14H21N3S/c1-12(2)9-15-10-14-4-7-17(16-14)6-3-13-5-8-18-11-13/h4-5,7-8,11-12,15H,3,6,9-10H2,1-2H3. The summed E-state index contributed by atoms with van der Waals surface area (Å²) in [7, 11) is 0. The highest BCUT2D eigenvalue weighted by Crippen LogP contribution is 2.07. The van der Waals surface area contributed by atoms with Crippen LogP contribution in [0.25, 0.3) is 0 Å². The summed E-state index contributed by atoms with van der Waals surface area (Å²) < 4.78 is 2.03. The first-order valence-electron chi connectivity index (χ1n) is 6.48. The smallest absolute Gasteiger partial charge is 0.0762 e. The summed E-state index contributed by atoms with van der Waals surface area (Å²) in [5.74, 6) is 0.686. The average molecular weight is 263 g/mol. The Morgan fingerprint density at radius 2 is 2.28 bits per heavy atom. The lowest BCUT2D eigenvalue weighted by atomic mass is 10.2. The molecule has 0 atom stereocenters. The van der Waals surface area contributed by atoms with E-state index < -0.39 is 0 Å². The summed E-state index contributed by atoms with van der Waals surface area (Å²) in [6.07, 6.45) is 3.13. The maximum atomic E-state index is 4.56. The van der Waals surface area contributed by atoms with E-state index in [1.54, 1.807) is 11.3 Å². The van der Waals surface area contributed by atoms with Crippen molar-refractivity contribution < 1.29 is 0 Å². The van der Waals surface area contributed by atoms with Crippen molar-refractivity contribution >= 4 is 11.3 Å². The molecule has 2 aromatic rings. The second-order valence-electron chi connectivity index (χ2n) is 4.98. The van der Waals surface area contributed by atoms with Crippen LogP contribution >= 0.6 is 11.3 Å². The Bertz CT molecular complexity index is 445. The van der Waals surface area contributed by atoms with Crippen LogP contribution in [0.3, 0.4) is 0 Å². The number of nitrogens with one attached hydrogen (secondary N) is 1. The Morgan fingerprint density at radius 1 is 1.39 bits per heavy atom. The highest BCUT2D eigenvalue weighted by Gasteiger charge is 2.00. The van der Waals surface area contributed by atoms with Crippen LogP contribution in [0.4, 0.5) is 0 Å². The van der Waals surface area contributed by atoms with Gasteiger partial charge in [-0.3, -0.25) is 4.68 Å². The van der Waals surface area contributed by atoms with E-state index in [0.29, 0.717) is 5.92 Å². The third kappa shape index (κ3) is 4.27.